The number of ether oxygens (including phenoxy) is 4. The van der Waals surface area contributed by atoms with Gasteiger partial charge in [0.1, 0.15) is 5.75 Å². The lowest BCUT2D eigenvalue weighted by molar-refractivity contribution is -0.577. The fourth-order valence-electron chi connectivity index (χ4n) is 6.46. The second-order valence-corrected chi connectivity index (χ2v) is 10.6. The van der Waals surface area contributed by atoms with Gasteiger partial charge in [0.25, 0.3) is 0 Å². The Balaban J connectivity index is 1.21. The largest absolute Gasteiger partial charge is 0.493 e. The maximum Gasteiger partial charge on any atom is 0.201 e. The molecule has 4 heterocycles. The molecule has 5 aliphatic rings. The molecule has 4 saturated heterocycles. The van der Waals surface area contributed by atoms with E-state index in [9.17, 15) is 5.11 Å². The fraction of sp³-hybridized carbons (Fsp3) is 0.769. The van der Waals surface area contributed by atoms with Crippen LogP contribution >= 0.6 is 0 Å². The van der Waals surface area contributed by atoms with Crippen LogP contribution in [0.1, 0.15) is 71.5 Å². The first-order valence-electron chi connectivity index (χ1n) is 12.6. The van der Waals surface area contributed by atoms with Crippen LogP contribution in [0.4, 0.5) is 0 Å². The highest BCUT2D eigenvalue weighted by molar-refractivity contribution is 5.34. The van der Waals surface area contributed by atoms with Gasteiger partial charge in [-0.3, -0.25) is 0 Å². The molecule has 0 aromatic heterocycles. The summed E-state index contributed by atoms with van der Waals surface area (Å²) < 4.78 is 25.0. The first-order valence-corrected chi connectivity index (χ1v) is 12.6. The summed E-state index contributed by atoms with van der Waals surface area (Å²) in [6, 6.07) is 7.59. The minimum atomic E-state index is -0.770. The minimum Gasteiger partial charge on any atom is -0.493 e. The molecule has 1 spiro atoms. The van der Waals surface area contributed by atoms with Crippen molar-refractivity contribution in [2.75, 3.05) is 13.2 Å². The van der Waals surface area contributed by atoms with Gasteiger partial charge in [0.05, 0.1) is 19.3 Å². The normalized spacial score (nSPS) is 42.9. The quantitative estimate of drug-likeness (QED) is 0.464. The Morgan fingerprint density at radius 2 is 1.91 bits per heavy atom. The van der Waals surface area contributed by atoms with Crippen LogP contribution in [-0.4, -0.2) is 42.3 Å². The number of fused-ring (bicyclic) bond motifs is 2. The van der Waals surface area contributed by atoms with Crippen LogP contribution in [-0.2, 0) is 24.0 Å². The van der Waals surface area contributed by atoms with Crippen molar-refractivity contribution in [1.82, 2.24) is 0 Å². The predicted octanol–water partition coefficient (Wildman–Crippen LogP) is 4.73. The second kappa shape index (κ2) is 9.10. The minimum absolute atomic E-state index is 0.169. The van der Waals surface area contributed by atoms with E-state index in [1.807, 2.05) is 31.2 Å². The van der Waals surface area contributed by atoms with Gasteiger partial charge in [-0.2, -0.15) is 0 Å². The summed E-state index contributed by atoms with van der Waals surface area (Å²) in [7, 11) is 0. The number of para-hydroxylation sites is 1. The summed E-state index contributed by atoms with van der Waals surface area (Å²) in [6.45, 7) is 9.23. The van der Waals surface area contributed by atoms with Gasteiger partial charge >= 0.3 is 0 Å². The van der Waals surface area contributed by atoms with E-state index in [4.69, 9.17) is 28.7 Å². The lowest BCUT2D eigenvalue weighted by atomic mass is 9.58. The molecule has 1 aromatic carbocycles. The van der Waals surface area contributed by atoms with Gasteiger partial charge in [-0.15, -0.1) is 0 Å². The number of aliphatic hydroxyl groups excluding tert-OH is 1. The molecule has 0 amide bonds. The highest BCUT2D eigenvalue weighted by Crippen LogP contribution is 2.60. The standard InChI is InChI=1S/C26H38O7/c1-16-10-11-21-17(2)23(29-15-7-14-28-22-9-6-5-8-19(22)18(3)27)30-24-26(21)20(16)12-13-25(4,31-24)32-33-26/h5-6,8-9,16-18,20-21,23-24,27H,7,10-15H2,1-4H3/t16-,17-,18?,20?,21+,23+,24-,25-,26-/m1/s1. The zero-order valence-corrected chi connectivity index (χ0v) is 20.2. The van der Waals surface area contributed by atoms with Crippen LogP contribution in [0.25, 0.3) is 0 Å². The molecule has 4 aliphatic heterocycles. The van der Waals surface area contributed by atoms with Crippen LogP contribution in [0.3, 0.4) is 0 Å². The van der Waals surface area contributed by atoms with Gasteiger partial charge in [-0.1, -0.05) is 32.0 Å². The van der Waals surface area contributed by atoms with Gasteiger partial charge < -0.3 is 24.1 Å². The van der Waals surface area contributed by atoms with E-state index in [2.05, 4.69) is 13.8 Å². The number of rotatable bonds is 7. The molecule has 9 atom stereocenters. The summed E-state index contributed by atoms with van der Waals surface area (Å²) >= 11 is 0. The zero-order chi connectivity index (χ0) is 23.2. The highest BCUT2D eigenvalue weighted by Gasteiger charge is 2.69. The summed E-state index contributed by atoms with van der Waals surface area (Å²) in [6.07, 6.45) is 3.39. The van der Waals surface area contributed by atoms with Crippen molar-refractivity contribution in [3.63, 3.8) is 0 Å². The van der Waals surface area contributed by atoms with Crippen molar-refractivity contribution in [1.29, 1.82) is 0 Å². The van der Waals surface area contributed by atoms with Crippen LogP contribution in [0.5, 0.6) is 5.75 Å². The Morgan fingerprint density at radius 1 is 1.09 bits per heavy atom. The zero-order valence-electron chi connectivity index (χ0n) is 20.2. The highest BCUT2D eigenvalue weighted by atomic mass is 17.3. The first-order chi connectivity index (χ1) is 15.8. The van der Waals surface area contributed by atoms with E-state index in [0.29, 0.717) is 30.8 Å². The van der Waals surface area contributed by atoms with Gasteiger partial charge in [-0.25, -0.2) is 9.78 Å². The van der Waals surface area contributed by atoms with E-state index in [1.165, 1.54) is 6.42 Å². The molecule has 2 bridgehead atoms. The average Bonchev–Trinajstić information content (AvgIpc) is 3.03. The molecule has 5 fully saturated rings. The summed E-state index contributed by atoms with van der Waals surface area (Å²) in [5.41, 5.74) is 0.242. The number of aliphatic hydroxyl groups is 1. The SMILES string of the molecule is CC(O)c1ccccc1OCCCO[C@H]1O[C@@H]2O[C@@]3(C)CCC4[C@H](C)CC[C@@H]([C@H]1C)[C@]42OO3. The van der Waals surface area contributed by atoms with Crippen molar-refractivity contribution < 1.29 is 33.8 Å². The summed E-state index contributed by atoms with van der Waals surface area (Å²) in [4.78, 5) is 12.1. The smallest absolute Gasteiger partial charge is 0.201 e. The van der Waals surface area contributed by atoms with E-state index < -0.39 is 23.8 Å². The maximum absolute atomic E-state index is 9.92. The number of benzene rings is 1. The van der Waals surface area contributed by atoms with Gasteiger partial charge in [0.2, 0.25) is 5.79 Å². The van der Waals surface area contributed by atoms with E-state index in [1.54, 1.807) is 6.92 Å². The Hall–Kier alpha value is -1.22. The van der Waals surface area contributed by atoms with E-state index in [0.717, 1.165) is 31.2 Å². The van der Waals surface area contributed by atoms with Gasteiger partial charge in [0.15, 0.2) is 18.2 Å². The van der Waals surface area contributed by atoms with Crippen molar-refractivity contribution in [3.8, 4) is 5.75 Å². The van der Waals surface area contributed by atoms with Crippen molar-refractivity contribution in [3.05, 3.63) is 29.8 Å². The van der Waals surface area contributed by atoms with Crippen LogP contribution in [0, 0.1) is 23.7 Å². The molecule has 1 aliphatic carbocycles. The molecule has 6 rings (SSSR count). The second-order valence-electron chi connectivity index (χ2n) is 10.6. The third kappa shape index (κ3) is 4.11. The first kappa shape index (κ1) is 23.5. The lowest BCUT2D eigenvalue weighted by Crippen LogP contribution is -2.70. The summed E-state index contributed by atoms with van der Waals surface area (Å²) in [5, 5.41) is 9.92. The maximum atomic E-state index is 9.92. The molecule has 1 saturated carbocycles. The molecular formula is C26H38O7. The molecular weight excluding hydrogens is 424 g/mol. The summed E-state index contributed by atoms with van der Waals surface area (Å²) in [5.74, 6) is 1.28. The Labute approximate surface area is 196 Å². The molecule has 33 heavy (non-hydrogen) atoms. The van der Waals surface area contributed by atoms with Crippen LogP contribution < -0.4 is 4.74 Å². The molecule has 1 N–H and O–H groups in total. The molecule has 7 heteroatoms. The third-order valence-corrected chi connectivity index (χ3v) is 8.29. The molecule has 2 unspecified atom stereocenters. The van der Waals surface area contributed by atoms with Crippen molar-refractivity contribution in [2.24, 2.45) is 23.7 Å². The fourth-order valence-corrected chi connectivity index (χ4v) is 6.46. The lowest BCUT2D eigenvalue weighted by Gasteiger charge is -2.60. The van der Waals surface area contributed by atoms with E-state index >= 15 is 0 Å². The van der Waals surface area contributed by atoms with Gasteiger partial charge in [0, 0.05) is 30.2 Å². The third-order valence-electron chi connectivity index (χ3n) is 8.29. The topological polar surface area (TPSA) is 75.6 Å². The van der Waals surface area contributed by atoms with Crippen molar-refractivity contribution >= 4 is 0 Å². The molecule has 7 nitrogen and oxygen atoms in total. The van der Waals surface area contributed by atoms with Crippen LogP contribution in [0.2, 0.25) is 0 Å². The molecule has 0 radical (unpaired) electrons. The van der Waals surface area contributed by atoms with E-state index in [-0.39, 0.29) is 18.1 Å². The Kier molecular flexibility index (Phi) is 6.48. The van der Waals surface area contributed by atoms with Gasteiger partial charge in [-0.05, 0) is 51.0 Å². The molecule has 184 valence electrons. The van der Waals surface area contributed by atoms with Crippen LogP contribution in [0.15, 0.2) is 24.3 Å². The predicted molar refractivity (Wildman–Crippen MR) is 120 cm³/mol. The van der Waals surface area contributed by atoms with Crippen molar-refractivity contribution in [2.45, 2.75) is 89.9 Å². The number of hydrogen-bond donors (Lipinski definition) is 1. The number of hydrogen-bond acceptors (Lipinski definition) is 7. The Bertz CT molecular complexity index is 831. The average molecular weight is 463 g/mol. The monoisotopic (exact) mass is 462 g/mol. The Morgan fingerprint density at radius 3 is 2.73 bits per heavy atom. The molecule has 1 aromatic rings.